The van der Waals surface area contributed by atoms with E-state index >= 15 is 0 Å². The van der Waals surface area contributed by atoms with Crippen LogP contribution in [0.2, 0.25) is 0 Å². The van der Waals surface area contributed by atoms with E-state index in [-0.39, 0.29) is 23.9 Å². The lowest BCUT2D eigenvalue weighted by atomic mass is 9.88. The molecule has 2 N–H and O–H groups in total. The van der Waals surface area contributed by atoms with Gasteiger partial charge in [-0.2, -0.15) is 0 Å². The fraction of sp³-hybridized carbons (Fsp3) is 0.258. The molecule has 0 radical (unpaired) electrons. The van der Waals surface area contributed by atoms with E-state index in [0.717, 1.165) is 22.1 Å². The fourth-order valence-corrected chi connectivity index (χ4v) is 5.21. The Morgan fingerprint density at radius 3 is 2.35 bits per heavy atom. The Kier molecular flexibility index (Phi) is 7.72. The summed E-state index contributed by atoms with van der Waals surface area (Å²) in [6.07, 6.45) is 1.71. The SMILES string of the molecule is CCn1cccc(N2C[C@@H](c3ccc(OC)cc3)C(CNC(=O)Nc3ccc4cc(OC)ccc4c3)C2=O)c1=O. The van der Waals surface area contributed by atoms with Crippen molar-refractivity contribution in [3.8, 4) is 11.5 Å². The number of rotatable bonds is 8. The van der Waals surface area contributed by atoms with Crippen LogP contribution in [0.25, 0.3) is 10.8 Å². The fourth-order valence-electron chi connectivity index (χ4n) is 5.21. The van der Waals surface area contributed by atoms with E-state index in [1.165, 1.54) is 0 Å². The third-order valence-electron chi connectivity index (χ3n) is 7.41. The summed E-state index contributed by atoms with van der Waals surface area (Å²) in [7, 11) is 3.22. The molecule has 3 aromatic carbocycles. The van der Waals surface area contributed by atoms with Crippen LogP contribution < -0.4 is 30.6 Å². The van der Waals surface area contributed by atoms with Crippen LogP contribution in [0.3, 0.4) is 0 Å². The summed E-state index contributed by atoms with van der Waals surface area (Å²) in [5.41, 5.74) is 1.69. The molecule has 0 saturated carbocycles. The lowest BCUT2D eigenvalue weighted by molar-refractivity contribution is -0.120. The number of anilines is 2. The van der Waals surface area contributed by atoms with Gasteiger partial charge >= 0.3 is 6.03 Å². The number of fused-ring (bicyclic) bond motifs is 1. The molecule has 0 spiro atoms. The number of amides is 3. The standard InChI is InChI=1S/C31H32N4O5/c1-4-34-15-5-6-28(30(34)37)35-19-27(20-8-12-24(39-2)13-9-20)26(29(35)36)18-32-31(38)33-23-11-7-22-17-25(40-3)14-10-21(22)16-23/h5-17,26-27H,4,18-19H2,1-3H3,(H2,32,33,38)/t26?,27-/m0/s1. The van der Waals surface area contributed by atoms with Crippen molar-refractivity contribution in [2.75, 3.05) is 37.5 Å². The summed E-state index contributed by atoms with van der Waals surface area (Å²) < 4.78 is 12.1. The summed E-state index contributed by atoms with van der Waals surface area (Å²) in [5, 5.41) is 7.69. The highest BCUT2D eigenvalue weighted by Gasteiger charge is 2.42. The van der Waals surface area contributed by atoms with Crippen molar-refractivity contribution in [3.63, 3.8) is 0 Å². The molecular weight excluding hydrogens is 508 g/mol. The summed E-state index contributed by atoms with van der Waals surface area (Å²) in [5.74, 6) is 0.479. The molecule has 2 heterocycles. The molecule has 40 heavy (non-hydrogen) atoms. The highest BCUT2D eigenvalue weighted by molar-refractivity contribution is 5.99. The molecule has 1 saturated heterocycles. The number of hydrogen-bond acceptors (Lipinski definition) is 5. The summed E-state index contributed by atoms with van der Waals surface area (Å²) in [4.78, 5) is 41.2. The van der Waals surface area contributed by atoms with Gasteiger partial charge in [0.25, 0.3) is 5.56 Å². The van der Waals surface area contributed by atoms with Crippen LogP contribution in [0.5, 0.6) is 11.5 Å². The minimum atomic E-state index is -0.558. The number of carbonyl (C=O) groups excluding carboxylic acids is 2. The summed E-state index contributed by atoms with van der Waals surface area (Å²) in [6, 6.07) is 21.9. The Bertz CT molecular complexity index is 1600. The monoisotopic (exact) mass is 540 g/mol. The number of urea groups is 1. The van der Waals surface area contributed by atoms with E-state index in [4.69, 9.17) is 9.47 Å². The number of benzene rings is 3. The molecule has 3 amide bonds. The Morgan fingerprint density at radius 2 is 1.62 bits per heavy atom. The number of aromatic nitrogens is 1. The third-order valence-corrected chi connectivity index (χ3v) is 7.41. The van der Waals surface area contributed by atoms with Gasteiger partial charge in [0.2, 0.25) is 5.91 Å². The second-order valence-electron chi connectivity index (χ2n) is 9.68. The Labute approximate surface area is 232 Å². The van der Waals surface area contributed by atoms with Gasteiger partial charge in [0.15, 0.2) is 0 Å². The van der Waals surface area contributed by atoms with Gasteiger partial charge in [-0.25, -0.2) is 4.79 Å². The van der Waals surface area contributed by atoms with Crippen LogP contribution in [0.1, 0.15) is 18.4 Å². The predicted molar refractivity (Wildman–Crippen MR) is 155 cm³/mol. The first-order valence-electron chi connectivity index (χ1n) is 13.2. The molecule has 0 bridgehead atoms. The lowest BCUT2D eigenvalue weighted by Gasteiger charge is -2.18. The minimum Gasteiger partial charge on any atom is -0.497 e. The molecule has 1 fully saturated rings. The average Bonchev–Trinajstić information content (AvgIpc) is 3.31. The lowest BCUT2D eigenvalue weighted by Crippen LogP contribution is -2.39. The smallest absolute Gasteiger partial charge is 0.319 e. The van der Waals surface area contributed by atoms with E-state index in [0.29, 0.717) is 30.2 Å². The number of hydrogen-bond donors (Lipinski definition) is 2. The summed E-state index contributed by atoms with van der Waals surface area (Å²) >= 11 is 0. The topological polar surface area (TPSA) is 102 Å². The van der Waals surface area contributed by atoms with Gasteiger partial charge in [0.05, 0.1) is 20.1 Å². The van der Waals surface area contributed by atoms with Gasteiger partial charge < -0.3 is 29.6 Å². The van der Waals surface area contributed by atoms with E-state index in [9.17, 15) is 14.4 Å². The molecular formula is C31H32N4O5. The molecule has 4 aromatic rings. The van der Waals surface area contributed by atoms with Gasteiger partial charge in [0, 0.05) is 37.4 Å². The van der Waals surface area contributed by atoms with Crippen molar-refractivity contribution in [1.29, 1.82) is 0 Å². The number of methoxy groups -OCH3 is 2. The van der Waals surface area contributed by atoms with E-state index < -0.39 is 11.9 Å². The zero-order valence-electron chi connectivity index (χ0n) is 22.7. The van der Waals surface area contributed by atoms with Gasteiger partial charge in [-0.1, -0.05) is 24.3 Å². The first-order valence-corrected chi connectivity index (χ1v) is 13.2. The van der Waals surface area contributed by atoms with Crippen molar-refractivity contribution in [1.82, 2.24) is 9.88 Å². The van der Waals surface area contributed by atoms with E-state index in [1.807, 2.05) is 67.6 Å². The maximum absolute atomic E-state index is 13.7. The van der Waals surface area contributed by atoms with Crippen molar-refractivity contribution in [3.05, 3.63) is 94.9 Å². The molecule has 9 nitrogen and oxygen atoms in total. The zero-order chi connectivity index (χ0) is 28.2. The molecule has 0 aliphatic carbocycles. The Balaban J connectivity index is 1.35. The maximum atomic E-state index is 13.7. The average molecular weight is 541 g/mol. The number of ether oxygens (including phenoxy) is 2. The molecule has 1 unspecified atom stereocenters. The van der Waals surface area contributed by atoms with Crippen LogP contribution in [-0.4, -0.2) is 43.8 Å². The molecule has 1 aliphatic rings. The molecule has 206 valence electrons. The number of nitrogens with one attached hydrogen (secondary N) is 2. The normalized spacial score (nSPS) is 16.7. The summed E-state index contributed by atoms with van der Waals surface area (Å²) in [6.45, 7) is 2.83. The predicted octanol–water partition coefficient (Wildman–Crippen LogP) is 4.61. The largest absolute Gasteiger partial charge is 0.497 e. The first kappa shape index (κ1) is 26.8. The number of aryl methyl sites for hydroxylation is 1. The van der Waals surface area contributed by atoms with Gasteiger partial charge in [-0.3, -0.25) is 9.59 Å². The van der Waals surface area contributed by atoms with Crippen LogP contribution in [0, 0.1) is 5.92 Å². The van der Waals surface area contributed by atoms with Crippen LogP contribution in [-0.2, 0) is 11.3 Å². The Hall–Kier alpha value is -4.79. The van der Waals surface area contributed by atoms with Crippen molar-refractivity contribution in [2.45, 2.75) is 19.4 Å². The van der Waals surface area contributed by atoms with Crippen LogP contribution in [0.15, 0.2) is 83.8 Å². The van der Waals surface area contributed by atoms with E-state index in [2.05, 4.69) is 10.6 Å². The maximum Gasteiger partial charge on any atom is 0.319 e. The molecule has 5 rings (SSSR count). The Morgan fingerprint density at radius 1 is 0.925 bits per heavy atom. The zero-order valence-corrected chi connectivity index (χ0v) is 22.7. The highest BCUT2D eigenvalue weighted by atomic mass is 16.5. The van der Waals surface area contributed by atoms with Crippen LogP contribution >= 0.6 is 0 Å². The van der Waals surface area contributed by atoms with E-state index in [1.54, 1.807) is 42.0 Å². The van der Waals surface area contributed by atoms with Crippen molar-refractivity contribution in [2.24, 2.45) is 5.92 Å². The molecule has 2 atom stereocenters. The highest BCUT2D eigenvalue weighted by Crippen LogP contribution is 2.36. The number of pyridine rings is 1. The van der Waals surface area contributed by atoms with Crippen molar-refractivity contribution < 1.29 is 19.1 Å². The second kappa shape index (κ2) is 11.5. The minimum absolute atomic E-state index is 0.109. The molecule has 1 aromatic heterocycles. The van der Waals surface area contributed by atoms with Crippen molar-refractivity contribution >= 4 is 34.1 Å². The van der Waals surface area contributed by atoms with Gasteiger partial charge in [0.1, 0.15) is 17.2 Å². The molecule has 9 heteroatoms. The van der Waals surface area contributed by atoms with Gasteiger partial charge in [-0.05, 0) is 71.8 Å². The molecule has 1 aliphatic heterocycles. The third kappa shape index (κ3) is 5.36. The first-order chi connectivity index (χ1) is 19.4. The second-order valence-corrected chi connectivity index (χ2v) is 9.68. The number of nitrogens with zero attached hydrogens (tertiary/aromatic N) is 2. The van der Waals surface area contributed by atoms with Crippen LogP contribution in [0.4, 0.5) is 16.2 Å². The van der Waals surface area contributed by atoms with Gasteiger partial charge in [-0.15, -0.1) is 0 Å². The quantitative estimate of drug-likeness (QED) is 0.340. The number of carbonyl (C=O) groups is 2.